The van der Waals surface area contributed by atoms with Crippen molar-refractivity contribution in [3.05, 3.63) is 46.1 Å². The number of hydrogen-bond donors (Lipinski definition) is 1. The van der Waals surface area contributed by atoms with Crippen LogP contribution >= 0.6 is 23.2 Å². The van der Waals surface area contributed by atoms with E-state index in [1.165, 1.54) is 0 Å². The van der Waals surface area contributed by atoms with E-state index in [2.05, 4.69) is 30.3 Å². The molecule has 2 aliphatic heterocycles. The van der Waals surface area contributed by atoms with Crippen LogP contribution in [-0.2, 0) is 4.74 Å². The van der Waals surface area contributed by atoms with Crippen molar-refractivity contribution in [2.45, 2.75) is 12.8 Å². The number of anilines is 3. The molecule has 0 radical (unpaired) electrons. The average molecular weight is 488 g/mol. The summed E-state index contributed by atoms with van der Waals surface area (Å²) in [4.78, 5) is 18.1. The molecule has 2 fully saturated rings. The fourth-order valence-corrected chi connectivity index (χ4v) is 4.18. The predicted molar refractivity (Wildman–Crippen MR) is 130 cm³/mol. The molecule has 2 saturated heterocycles. The Balaban J connectivity index is 1.34. The van der Waals surface area contributed by atoms with Crippen molar-refractivity contribution >= 4 is 47.3 Å². The Morgan fingerprint density at radius 3 is 2.39 bits per heavy atom. The van der Waals surface area contributed by atoms with E-state index in [0.29, 0.717) is 52.6 Å². The standard InChI is InChI=1S/C22H23Cl2N7O2/c23-17-5-3-4-16(19(17)24)18-7-6-15(33-18)14-25-29-20-26-21(30-8-1-2-9-30)28-22(27-20)31-10-12-32-13-11-31/h3-7,14H,1-2,8-13H2,(H,26,27,28,29)/b25-14+. The monoisotopic (exact) mass is 487 g/mol. The van der Waals surface area contributed by atoms with E-state index in [1.54, 1.807) is 18.3 Å². The van der Waals surface area contributed by atoms with Crippen LogP contribution in [0.2, 0.25) is 10.0 Å². The topological polar surface area (TPSA) is 91.9 Å². The maximum absolute atomic E-state index is 6.29. The smallest absolute Gasteiger partial charge is 0.250 e. The van der Waals surface area contributed by atoms with Crippen LogP contribution in [0.15, 0.2) is 39.9 Å². The van der Waals surface area contributed by atoms with E-state index < -0.39 is 0 Å². The van der Waals surface area contributed by atoms with E-state index in [-0.39, 0.29) is 0 Å². The fraction of sp³-hybridized carbons (Fsp3) is 0.364. The van der Waals surface area contributed by atoms with Crippen LogP contribution in [0.1, 0.15) is 18.6 Å². The summed E-state index contributed by atoms with van der Waals surface area (Å²) in [6, 6.07) is 9.04. The lowest BCUT2D eigenvalue weighted by Crippen LogP contribution is -2.38. The molecule has 33 heavy (non-hydrogen) atoms. The number of morpholine rings is 1. The Labute approximate surface area is 201 Å². The van der Waals surface area contributed by atoms with Crippen LogP contribution in [0.5, 0.6) is 0 Å². The molecule has 11 heteroatoms. The van der Waals surface area contributed by atoms with Crippen LogP contribution in [0.3, 0.4) is 0 Å². The second kappa shape index (κ2) is 9.94. The van der Waals surface area contributed by atoms with Crippen LogP contribution in [0.25, 0.3) is 11.3 Å². The number of aromatic nitrogens is 3. The average Bonchev–Trinajstić information content (AvgIpc) is 3.54. The summed E-state index contributed by atoms with van der Waals surface area (Å²) in [5.74, 6) is 2.83. The molecule has 0 atom stereocenters. The van der Waals surface area contributed by atoms with Gasteiger partial charge in [0.05, 0.1) is 29.5 Å². The number of ether oxygens (including phenoxy) is 1. The minimum Gasteiger partial charge on any atom is -0.455 e. The minimum atomic E-state index is 0.384. The number of halogens is 2. The van der Waals surface area contributed by atoms with Crippen molar-refractivity contribution < 1.29 is 9.15 Å². The van der Waals surface area contributed by atoms with E-state index in [1.807, 2.05) is 18.2 Å². The van der Waals surface area contributed by atoms with Crippen LogP contribution in [-0.4, -0.2) is 60.6 Å². The summed E-state index contributed by atoms with van der Waals surface area (Å²) in [5.41, 5.74) is 3.64. The molecular formula is C22H23Cl2N7O2. The zero-order valence-corrected chi connectivity index (χ0v) is 19.4. The highest BCUT2D eigenvalue weighted by atomic mass is 35.5. The number of nitrogens with one attached hydrogen (secondary N) is 1. The van der Waals surface area contributed by atoms with Crippen molar-refractivity contribution in [1.29, 1.82) is 0 Å². The molecule has 1 aromatic carbocycles. The van der Waals surface area contributed by atoms with Gasteiger partial charge in [0, 0.05) is 31.7 Å². The number of rotatable bonds is 6. The Morgan fingerprint density at radius 2 is 1.64 bits per heavy atom. The first-order valence-electron chi connectivity index (χ1n) is 10.8. The van der Waals surface area contributed by atoms with Gasteiger partial charge in [-0.25, -0.2) is 5.43 Å². The second-order valence-corrected chi connectivity index (χ2v) is 8.51. The summed E-state index contributed by atoms with van der Waals surface area (Å²) in [5, 5.41) is 5.19. The first-order valence-corrected chi connectivity index (χ1v) is 11.6. The van der Waals surface area contributed by atoms with E-state index >= 15 is 0 Å². The largest absolute Gasteiger partial charge is 0.455 e. The first-order chi connectivity index (χ1) is 16.2. The predicted octanol–water partition coefficient (Wildman–Crippen LogP) is 4.32. The fourth-order valence-electron chi connectivity index (χ4n) is 3.78. The van der Waals surface area contributed by atoms with Gasteiger partial charge < -0.3 is 19.0 Å². The number of furan rings is 1. The van der Waals surface area contributed by atoms with Gasteiger partial charge in [-0.2, -0.15) is 20.1 Å². The minimum absolute atomic E-state index is 0.384. The second-order valence-electron chi connectivity index (χ2n) is 7.73. The Morgan fingerprint density at radius 1 is 0.909 bits per heavy atom. The van der Waals surface area contributed by atoms with Crippen LogP contribution in [0.4, 0.5) is 17.8 Å². The Hall–Kier alpha value is -2.88. The van der Waals surface area contributed by atoms with E-state index in [9.17, 15) is 0 Å². The van der Waals surface area contributed by atoms with Crippen molar-refractivity contribution in [3.8, 4) is 11.3 Å². The third-order valence-electron chi connectivity index (χ3n) is 5.49. The van der Waals surface area contributed by atoms with Gasteiger partial charge in [0.1, 0.15) is 11.5 Å². The SMILES string of the molecule is Clc1cccc(-c2ccc(/C=N/Nc3nc(N4CCCC4)nc(N4CCOCC4)n3)o2)c1Cl. The lowest BCUT2D eigenvalue weighted by molar-refractivity contribution is 0.122. The summed E-state index contributed by atoms with van der Waals surface area (Å²) in [6.45, 7) is 4.68. The molecular weight excluding hydrogens is 465 g/mol. The van der Waals surface area contributed by atoms with Crippen molar-refractivity contribution in [2.24, 2.45) is 5.10 Å². The van der Waals surface area contributed by atoms with Gasteiger partial charge in [0.25, 0.3) is 0 Å². The van der Waals surface area contributed by atoms with Crippen molar-refractivity contribution in [3.63, 3.8) is 0 Å². The molecule has 2 aliphatic rings. The molecule has 9 nitrogen and oxygen atoms in total. The van der Waals surface area contributed by atoms with Crippen molar-refractivity contribution in [2.75, 3.05) is 54.6 Å². The lowest BCUT2D eigenvalue weighted by atomic mass is 10.2. The number of hydrogen-bond acceptors (Lipinski definition) is 9. The summed E-state index contributed by atoms with van der Waals surface area (Å²) in [6.07, 6.45) is 3.84. The molecule has 172 valence electrons. The van der Waals surface area contributed by atoms with Gasteiger partial charge in [-0.05, 0) is 37.1 Å². The van der Waals surface area contributed by atoms with Gasteiger partial charge in [0.15, 0.2) is 0 Å². The molecule has 0 bridgehead atoms. The molecule has 3 aromatic rings. The Kier molecular flexibility index (Phi) is 6.61. The van der Waals surface area contributed by atoms with Gasteiger partial charge in [-0.3, -0.25) is 0 Å². The third kappa shape index (κ3) is 5.05. The first kappa shape index (κ1) is 21.9. The zero-order chi connectivity index (χ0) is 22.6. The van der Waals surface area contributed by atoms with Gasteiger partial charge in [-0.1, -0.05) is 29.3 Å². The summed E-state index contributed by atoms with van der Waals surface area (Å²) < 4.78 is 11.3. The highest BCUT2D eigenvalue weighted by Crippen LogP contribution is 2.34. The highest BCUT2D eigenvalue weighted by Gasteiger charge is 2.21. The van der Waals surface area contributed by atoms with Gasteiger partial charge in [-0.15, -0.1) is 0 Å². The molecule has 2 aromatic heterocycles. The maximum Gasteiger partial charge on any atom is 0.250 e. The zero-order valence-electron chi connectivity index (χ0n) is 17.9. The van der Waals surface area contributed by atoms with Crippen LogP contribution in [0, 0.1) is 0 Å². The summed E-state index contributed by atoms with van der Waals surface area (Å²) >= 11 is 12.4. The molecule has 4 heterocycles. The third-order valence-corrected chi connectivity index (χ3v) is 6.31. The van der Waals surface area contributed by atoms with E-state index in [4.69, 9.17) is 37.3 Å². The number of benzene rings is 1. The molecule has 0 unspecified atom stereocenters. The normalized spacial score (nSPS) is 16.7. The van der Waals surface area contributed by atoms with Gasteiger partial charge >= 0.3 is 0 Å². The molecule has 0 aliphatic carbocycles. The number of hydrazone groups is 1. The quantitative estimate of drug-likeness (QED) is 0.405. The molecule has 1 N–H and O–H groups in total. The van der Waals surface area contributed by atoms with Crippen molar-refractivity contribution in [1.82, 2.24) is 15.0 Å². The highest BCUT2D eigenvalue weighted by molar-refractivity contribution is 6.43. The summed E-state index contributed by atoms with van der Waals surface area (Å²) in [7, 11) is 0. The Bertz CT molecular complexity index is 1140. The van der Waals surface area contributed by atoms with Crippen LogP contribution < -0.4 is 15.2 Å². The van der Waals surface area contributed by atoms with Gasteiger partial charge in [0.2, 0.25) is 17.8 Å². The molecule has 0 amide bonds. The lowest BCUT2D eigenvalue weighted by Gasteiger charge is -2.27. The van der Waals surface area contributed by atoms with E-state index in [0.717, 1.165) is 44.6 Å². The molecule has 5 rings (SSSR count). The molecule has 0 saturated carbocycles. The molecule has 0 spiro atoms. The maximum atomic E-state index is 6.29. The number of nitrogens with zero attached hydrogens (tertiary/aromatic N) is 6.